The molecule has 0 atom stereocenters. The predicted molar refractivity (Wildman–Crippen MR) is 106 cm³/mol. The molecule has 0 unspecified atom stereocenters. The average Bonchev–Trinajstić information content (AvgIpc) is 2.62. The van der Waals surface area contributed by atoms with Gasteiger partial charge in [0, 0.05) is 11.6 Å². The Morgan fingerprint density at radius 1 is 1.08 bits per heavy atom. The van der Waals surface area contributed by atoms with Gasteiger partial charge in [-0.1, -0.05) is 66.9 Å². The Kier molecular flexibility index (Phi) is 7.70. The summed E-state index contributed by atoms with van der Waals surface area (Å²) in [4.78, 5) is 25.0. The predicted octanol–water partition coefficient (Wildman–Crippen LogP) is 4.68. The van der Waals surface area contributed by atoms with E-state index in [0.29, 0.717) is 11.6 Å². The Bertz CT molecular complexity index is 805. The lowest BCUT2D eigenvalue weighted by molar-refractivity contribution is -0.117. The molecule has 2 N–H and O–H groups in total. The van der Waals surface area contributed by atoms with E-state index in [-0.39, 0.29) is 22.2 Å². The number of hydrogen-bond donors (Lipinski definition) is 2. The van der Waals surface area contributed by atoms with E-state index >= 15 is 0 Å². The van der Waals surface area contributed by atoms with Gasteiger partial charge in [0.1, 0.15) is 5.70 Å². The van der Waals surface area contributed by atoms with Gasteiger partial charge in [0.15, 0.2) is 0 Å². The number of hydrogen-bond acceptors (Lipinski definition) is 2. The van der Waals surface area contributed by atoms with E-state index in [2.05, 4.69) is 10.6 Å². The Labute approximate surface area is 163 Å². The normalized spacial score (nSPS) is 11.1. The fourth-order valence-electron chi connectivity index (χ4n) is 2.21. The van der Waals surface area contributed by atoms with Crippen molar-refractivity contribution in [1.29, 1.82) is 0 Å². The maximum Gasteiger partial charge on any atom is 0.267 e. The van der Waals surface area contributed by atoms with Crippen LogP contribution in [0.2, 0.25) is 10.0 Å². The van der Waals surface area contributed by atoms with Gasteiger partial charge in [-0.15, -0.1) is 0 Å². The van der Waals surface area contributed by atoms with Crippen molar-refractivity contribution in [1.82, 2.24) is 10.6 Å². The molecule has 2 aromatic rings. The first kappa shape index (κ1) is 20.0. The van der Waals surface area contributed by atoms with E-state index in [1.165, 1.54) is 12.1 Å². The molecule has 2 rings (SSSR count). The first-order valence-electron chi connectivity index (χ1n) is 8.32. The van der Waals surface area contributed by atoms with Gasteiger partial charge in [0.2, 0.25) is 0 Å². The van der Waals surface area contributed by atoms with Crippen molar-refractivity contribution in [2.45, 2.75) is 19.8 Å². The standard InChI is InChI=1S/C20H20Cl2N2O2/c1-2-3-11-23-20(26)18(12-14-7-5-4-6-8-14)24-19(25)16-10-9-15(21)13-17(16)22/h4-10,12-13H,2-3,11H2,1H3,(H,23,26)(H,24,25)/b18-12-. The van der Waals surface area contributed by atoms with Gasteiger partial charge >= 0.3 is 0 Å². The van der Waals surface area contributed by atoms with Crippen molar-refractivity contribution < 1.29 is 9.59 Å². The third-order valence-electron chi connectivity index (χ3n) is 3.60. The molecule has 0 saturated heterocycles. The van der Waals surface area contributed by atoms with E-state index < -0.39 is 5.91 Å². The summed E-state index contributed by atoms with van der Waals surface area (Å²) in [6, 6.07) is 13.9. The number of nitrogens with one attached hydrogen (secondary N) is 2. The van der Waals surface area contributed by atoms with Gasteiger partial charge in [0.25, 0.3) is 11.8 Å². The van der Waals surface area contributed by atoms with Crippen LogP contribution in [-0.2, 0) is 4.79 Å². The van der Waals surface area contributed by atoms with Crippen LogP contribution in [0.1, 0.15) is 35.7 Å². The van der Waals surface area contributed by atoms with Crippen LogP contribution in [0, 0.1) is 0 Å². The van der Waals surface area contributed by atoms with E-state index in [1.54, 1.807) is 12.1 Å². The van der Waals surface area contributed by atoms with E-state index in [0.717, 1.165) is 18.4 Å². The number of benzene rings is 2. The zero-order valence-corrected chi connectivity index (χ0v) is 15.9. The Hall–Kier alpha value is -2.30. The monoisotopic (exact) mass is 390 g/mol. The maximum absolute atomic E-state index is 12.6. The van der Waals surface area contributed by atoms with Crippen molar-refractivity contribution in [2.75, 3.05) is 6.54 Å². The molecule has 0 aliphatic heterocycles. The van der Waals surface area contributed by atoms with E-state index in [1.807, 2.05) is 37.3 Å². The zero-order valence-electron chi connectivity index (χ0n) is 14.4. The molecule has 26 heavy (non-hydrogen) atoms. The molecule has 0 bridgehead atoms. The minimum Gasteiger partial charge on any atom is -0.351 e. The number of unbranched alkanes of at least 4 members (excludes halogenated alkanes) is 1. The van der Waals surface area contributed by atoms with Crippen LogP contribution in [0.15, 0.2) is 54.2 Å². The summed E-state index contributed by atoms with van der Waals surface area (Å²) in [7, 11) is 0. The summed E-state index contributed by atoms with van der Waals surface area (Å²) < 4.78 is 0. The summed E-state index contributed by atoms with van der Waals surface area (Å²) >= 11 is 11.9. The van der Waals surface area contributed by atoms with Crippen molar-refractivity contribution in [3.63, 3.8) is 0 Å². The van der Waals surface area contributed by atoms with Crippen molar-refractivity contribution in [2.24, 2.45) is 0 Å². The smallest absolute Gasteiger partial charge is 0.267 e. The molecule has 4 nitrogen and oxygen atoms in total. The van der Waals surface area contributed by atoms with Gasteiger partial charge in [-0.2, -0.15) is 0 Å². The first-order valence-corrected chi connectivity index (χ1v) is 9.08. The summed E-state index contributed by atoms with van der Waals surface area (Å²) in [6.07, 6.45) is 3.45. The highest BCUT2D eigenvalue weighted by atomic mass is 35.5. The quantitative estimate of drug-likeness (QED) is 0.532. The molecular formula is C20H20Cl2N2O2. The molecule has 0 fully saturated rings. The molecule has 0 aromatic heterocycles. The minimum absolute atomic E-state index is 0.156. The van der Waals surface area contributed by atoms with Gasteiger partial charge in [-0.25, -0.2) is 0 Å². The van der Waals surface area contributed by atoms with E-state index in [9.17, 15) is 9.59 Å². The molecule has 0 radical (unpaired) electrons. The summed E-state index contributed by atoms with van der Waals surface area (Å²) in [5, 5.41) is 6.12. The molecular weight excluding hydrogens is 371 g/mol. The number of carbonyl (C=O) groups is 2. The Balaban J connectivity index is 2.24. The Morgan fingerprint density at radius 2 is 1.81 bits per heavy atom. The highest BCUT2D eigenvalue weighted by Crippen LogP contribution is 2.21. The molecule has 0 heterocycles. The molecule has 0 saturated carbocycles. The minimum atomic E-state index is -0.473. The van der Waals surface area contributed by atoms with Gasteiger partial charge < -0.3 is 10.6 Å². The van der Waals surface area contributed by atoms with Crippen LogP contribution in [0.25, 0.3) is 6.08 Å². The van der Waals surface area contributed by atoms with Crippen molar-refractivity contribution >= 4 is 41.1 Å². The fraction of sp³-hybridized carbons (Fsp3) is 0.200. The van der Waals surface area contributed by atoms with Gasteiger partial charge in [-0.3, -0.25) is 9.59 Å². The largest absolute Gasteiger partial charge is 0.351 e. The van der Waals surface area contributed by atoms with Gasteiger partial charge in [-0.05, 0) is 36.3 Å². The molecule has 0 aliphatic rings. The molecule has 136 valence electrons. The molecule has 0 aliphatic carbocycles. The fourth-order valence-corrected chi connectivity index (χ4v) is 2.71. The zero-order chi connectivity index (χ0) is 18.9. The Morgan fingerprint density at radius 3 is 2.46 bits per heavy atom. The molecule has 2 amide bonds. The number of carbonyl (C=O) groups excluding carboxylic acids is 2. The number of amides is 2. The second-order valence-electron chi connectivity index (χ2n) is 5.66. The SMILES string of the molecule is CCCCNC(=O)/C(=C/c1ccccc1)NC(=O)c1ccc(Cl)cc1Cl. The lowest BCUT2D eigenvalue weighted by Gasteiger charge is -2.12. The second-order valence-corrected chi connectivity index (χ2v) is 6.50. The number of rotatable bonds is 7. The third-order valence-corrected chi connectivity index (χ3v) is 4.14. The van der Waals surface area contributed by atoms with Crippen molar-refractivity contribution in [3.05, 3.63) is 75.4 Å². The maximum atomic E-state index is 12.6. The van der Waals surface area contributed by atoms with Crippen LogP contribution in [0.4, 0.5) is 0 Å². The number of halogens is 2. The van der Waals surface area contributed by atoms with Crippen LogP contribution in [-0.4, -0.2) is 18.4 Å². The highest BCUT2D eigenvalue weighted by Gasteiger charge is 2.16. The van der Waals surface area contributed by atoms with Crippen LogP contribution in [0.3, 0.4) is 0 Å². The first-order chi connectivity index (χ1) is 12.5. The summed E-state index contributed by atoms with van der Waals surface area (Å²) in [6.45, 7) is 2.58. The third kappa shape index (κ3) is 5.90. The molecule has 6 heteroatoms. The second kappa shape index (κ2) is 10.00. The lowest BCUT2D eigenvalue weighted by Crippen LogP contribution is -2.35. The molecule has 0 spiro atoms. The van der Waals surface area contributed by atoms with E-state index in [4.69, 9.17) is 23.2 Å². The highest BCUT2D eigenvalue weighted by molar-refractivity contribution is 6.36. The summed E-state index contributed by atoms with van der Waals surface area (Å²) in [5.74, 6) is -0.819. The van der Waals surface area contributed by atoms with Crippen LogP contribution >= 0.6 is 23.2 Å². The topological polar surface area (TPSA) is 58.2 Å². The van der Waals surface area contributed by atoms with Crippen LogP contribution in [0.5, 0.6) is 0 Å². The average molecular weight is 391 g/mol. The lowest BCUT2D eigenvalue weighted by atomic mass is 10.1. The van der Waals surface area contributed by atoms with Crippen LogP contribution < -0.4 is 10.6 Å². The molecule has 2 aromatic carbocycles. The van der Waals surface area contributed by atoms with Crippen molar-refractivity contribution in [3.8, 4) is 0 Å². The summed E-state index contributed by atoms with van der Waals surface area (Å²) in [5.41, 5.74) is 1.20. The van der Waals surface area contributed by atoms with Gasteiger partial charge in [0.05, 0.1) is 10.6 Å².